The maximum absolute atomic E-state index is 13.1. The van der Waals surface area contributed by atoms with E-state index in [2.05, 4.69) is 26.1 Å². The van der Waals surface area contributed by atoms with E-state index in [1.807, 2.05) is 31.2 Å². The minimum atomic E-state index is -0.244. The Morgan fingerprint density at radius 3 is 2.42 bits per heavy atom. The Bertz CT molecular complexity index is 698. The minimum absolute atomic E-state index is 0.0219. The first-order valence-electron chi connectivity index (χ1n) is 8.09. The third-order valence-corrected chi connectivity index (χ3v) is 4.81. The number of carbonyl (C=O) groups is 1. The second kappa shape index (κ2) is 7.45. The zero-order chi connectivity index (χ0) is 17.1. The molecule has 0 heterocycles. The van der Waals surface area contributed by atoms with Gasteiger partial charge in [-0.1, -0.05) is 28.1 Å². The van der Waals surface area contributed by atoms with Crippen molar-refractivity contribution in [2.75, 3.05) is 5.32 Å². The predicted octanol–water partition coefficient (Wildman–Crippen LogP) is 4.58. The van der Waals surface area contributed by atoms with Gasteiger partial charge in [-0.05, 0) is 61.7 Å². The zero-order valence-corrected chi connectivity index (χ0v) is 15.1. The maximum Gasteiger partial charge on any atom is 0.241 e. The number of hydrogen-bond acceptors (Lipinski definition) is 2. The molecular weight excluding hydrogens is 371 g/mol. The van der Waals surface area contributed by atoms with E-state index in [0.29, 0.717) is 12.6 Å². The van der Waals surface area contributed by atoms with E-state index in [-0.39, 0.29) is 17.8 Å². The molecule has 0 unspecified atom stereocenters. The molecule has 5 heteroatoms. The Morgan fingerprint density at radius 1 is 1.21 bits per heavy atom. The van der Waals surface area contributed by atoms with Crippen molar-refractivity contribution in [2.45, 2.75) is 38.4 Å². The van der Waals surface area contributed by atoms with E-state index in [1.54, 1.807) is 12.1 Å². The summed E-state index contributed by atoms with van der Waals surface area (Å²) in [7, 11) is 0. The van der Waals surface area contributed by atoms with Crippen molar-refractivity contribution >= 4 is 27.5 Å². The van der Waals surface area contributed by atoms with Gasteiger partial charge >= 0.3 is 0 Å². The highest BCUT2D eigenvalue weighted by molar-refractivity contribution is 9.10. The van der Waals surface area contributed by atoms with Crippen LogP contribution in [0.1, 0.15) is 25.3 Å². The van der Waals surface area contributed by atoms with Crippen molar-refractivity contribution in [1.82, 2.24) is 4.90 Å². The number of carbonyl (C=O) groups excluding carboxylic acids is 1. The standard InChI is InChI=1S/C19H20BrFN2O/c1-13(19(24)22-17-8-4-15(20)5-9-17)23(18-10-11-18)12-14-2-6-16(21)7-3-14/h2-9,13,18H,10-12H2,1H3,(H,22,24)/t13-/m1/s1. The second-order valence-corrected chi connectivity index (χ2v) is 7.12. The van der Waals surface area contributed by atoms with Crippen LogP contribution >= 0.6 is 15.9 Å². The Morgan fingerprint density at radius 2 is 1.83 bits per heavy atom. The van der Waals surface area contributed by atoms with Gasteiger partial charge in [0, 0.05) is 22.7 Å². The first-order chi connectivity index (χ1) is 11.5. The molecule has 0 radical (unpaired) electrons. The average Bonchev–Trinajstić information content (AvgIpc) is 3.40. The third kappa shape index (κ3) is 4.42. The number of hydrogen-bond donors (Lipinski definition) is 1. The highest BCUT2D eigenvalue weighted by Crippen LogP contribution is 2.30. The quantitative estimate of drug-likeness (QED) is 0.782. The van der Waals surface area contributed by atoms with Gasteiger partial charge in [0.25, 0.3) is 0 Å². The van der Waals surface area contributed by atoms with Gasteiger partial charge < -0.3 is 5.32 Å². The van der Waals surface area contributed by atoms with Crippen LogP contribution < -0.4 is 5.32 Å². The van der Waals surface area contributed by atoms with E-state index in [1.165, 1.54) is 12.1 Å². The van der Waals surface area contributed by atoms with Gasteiger partial charge in [0.1, 0.15) is 5.82 Å². The Labute approximate surface area is 150 Å². The van der Waals surface area contributed by atoms with Gasteiger partial charge in [0.15, 0.2) is 0 Å². The molecule has 1 amide bonds. The lowest BCUT2D eigenvalue weighted by Crippen LogP contribution is -2.43. The zero-order valence-electron chi connectivity index (χ0n) is 13.5. The molecule has 1 N–H and O–H groups in total. The number of rotatable bonds is 6. The predicted molar refractivity (Wildman–Crippen MR) is 97.2 cm³/mol. The summed E-state index contributed by atoms with van der Waals surface area (Å²) in [5.74, 6) is -0.260. The number of nitrogens with zero attached hydrogens (tertiary/aromatic N) is 1. The smallest absolute Gasteiger partial charge is 0.241 e. The van der Waals surface area contributed by atoms with Crippen LogP contribution in [0.25, 0.3) is 0 Å². The molecule has 1 aliphatic rings. The van der Waals surface area contributed by atoms with Crippen LogP contribution in [-0.2, 0) is 11.3 Å². The molecule has 3 rings (SSSR count). The normalized spacial score (nSPS) is 15.3. The van der Waals surface area contributed by atoms with Crippen LogP contribution in [-0.4, -0.2) is 22.9 Å². The van der Waals surface area contributed by atoms with Crippen LogP contribution in [0.5, 0.6) is 0 Å². The molecule has 0 saturated heterocycles. The number of nitrogens with one attached hydrogen (secondary N) is 1. The first-order valence-corrected chi connectivity index (χ1v) is 8.89. The summed E-state index contributed by atoms with van der Waals surface area (Å²) in [6.07, 6.45) is 2.22. The van der Waals surface area contributed by atoms with Gasteiger partial charge in [-0.25, -0.2) is 4.39 Å². The summed E-state index contributed by atoms with van der Waals surface area (Å²) in [4.78, 5) is 14.8. The van der Waals surface area contributed by atoms with Crippen LogP contribution in [0.4, 0.5) is 10.1 Å². The van der Waals surface area contributed by atoms with Gasteiger partial charge in [-0.3, -0.25) is 9.69 Å². The summed E-state index contributed by atoms with van der Waals surface area (Å²) in [5.41, 5.74) is 1.80. The molecule has 0 aromatic heterocycles. The van der Waals surface area contributed by atoms with Crippen LogP contribution in [0.2, 0.25) is 0 Å². The second-order valence-electron chi connectivity index (χ2n) is 6.20. The largest absolute Gasteiger partial charge is 0.325 e. The van der Waals surface area contributed by atoms with Gasteiger partial charge in [-0.15, -0.1) is 0 Å². The van der Waals surface area contributed by atoms with Crippen LogP contribution in [0.15, 0.2) is 53.0 Å². The molecule has 2 aromatic rings. The third-order valence-electron chi connectivity index (χ3n) is 4.28. The van der Waals surface area contributed by atoms with E-state index in [9.17, 15) is 9.18 Å². The summed E-state index contributed by atoms with van der Waals surface area (Å²) in [6.45, 7) is 2.58. The highest BCUT2D eigenvalue weighted by Gasteiger charge is 2.35. The molecule has 0 spiro atoms. The molecule has 1 fully saturated rings. The van der Waals surface area contributed by atoms with E-state index < -0.39 is 0 Å². The topological polar surface area (TPSA) is 32.3 Å². The van der Waals surface area contributed by atoms with Crippen molar-refractivity contribution in [3.63, 3.8) is 0 Å². The SMILES string of the molecule is C[C@H](C(=O)Nc1ccc(Br)cc1)N(Cc1ccc(F)cc1)C1CC1. The molecule has 0 aliphatic heterocycles. The summed E-state index contributed by atoms with van der Waals surface area (Å²) in [5, 5.41) is 2.97. The van der Waals surface area contributed by atoms with E-state index in [4.69, 9.17) is 0 Å². The van der Waals surface area contributed by atoms with Crippen molar-refractivity contribution in [1.29, 1.82) is 0 Å². The van der Waals surface area contributed by atoms with Crippen LogP contribution in [0, 0.1) is 5.82 Å². The van der Waals surface area contributed by atoms with Crippen molar-refractivity contribution in [3.05, 3.63) is 64.4 Å². The summed E-state index contributed by atoms with van der Waals surface area (Å²) < 4.78 is 14.0. The monoisotopic (exact) mass is 390 g/mol. The van der Waals surface area contributed by atoms with E-state index >= 15 is 0 Å². The Hall–Kier alpha value is -1.72. The summed E-state index contributed by atoms with van der Waals surface area (Å²) >= 11 is 3.39. The van der Waals surface area contributed by atoms with Crippen molar-refractivity contribution in [2.24, 2.45) is 0 Å². The van der Waals surface area contributed by atoms with Crippen molar-refractivity contribution < 1.29 is 9.18 Å². The van der Waals surface area contributed by atoms with Crippen LogP contribution in [0.3, 0.4) is 0 Å². The lowest BCUT2D eigenvalue weighted by atomic mass is 10.1. The maximum atomic E-state index is 13.1. The Balaban J connectivity index is 1.67. The molecule has 24 heavy (non-hydrogen) atoms. The van der Waals surface area contributed by atoms with Crippen molar-refractivity contribution in [3.8, 4) is 0 Å². The van der Waals surface area contributed by atoms with Gasteiger partial charge in [0.2, 0.25) is 5.91 Å². The lowest BCUT2D eigenvalue weighted by molar-refractivity contribution is -0.121. The number of halogens is 2. The highest BCUT2D eigenvalue weighted by atomic mass is 79.9. The molecule has 3 nitrogen and oxygen atoms in total. The lowest BCUT2D eigenvalue weighted by Gasteiger charge is -2.28. The number of amides is 1. The molecule has 1 saturated carbocycles. The average molecular weight is 391 g/mol. The molecule has 0 bridgehead atoms. The number of anilines is 1. The van der Waals surface area contributed by atoms with Gasteiger partial charge in [0.05, 0.1) is 6.04 Å². The fourth-order valence-corrected chi connectivity index (χ4v) is 2.98. The molecule has 2 aromatic carbocycles. The number of benzene rings is 2. The first kappa shape index (κ1) is 17.1. The molecular formula is C19H20BrFN2O. The van der Waals surface area contributed by atoms with E-state index in [0.717, 1.165) is 28.6 Å². The van der Waals surface area contributed by atoms with Gasteiger partial charge in [-0.2, -0.15) is 0 Å². The fourth-order valence-electron chi connectivity index (χ4n) is 2.72. The Kier molecular flexibility index (Phi) is 5.31. The summed E-state index contributed by atoms with van der Waals surface area (Å²) in [6, 6.07) is 14.2. The molecule has 1 aliphatic carbocycles. The minimum Gasteiger partial charge on any atom is -0.325 e. The molecule has 126 valence electrons. The molecule has 1 atom stereocenters. The fraction of sp³-hybridized carbons (Fsp3) is 0.316.